The molecule has 176 valence electrons. The average molecular weight is 463 g/mol. The van der Waals surface area contributed by atoms with Gasteiger partial charge in [0, 0.05) is 45.1 Å². The van der Waals surface area contributed by atoms with E-state index in [9.17, 15) is 10.1 Å². The lowest BCUT2D eigenvalue weighted by Gasteiger charge is -2.37. The Morgan fingerprint density at radius 1 is 1.21 bits per heavy atom. The van der Waals surface area contributed by atoms with E-state index in [0.29, 0.717) is 69.0 Å². The highest BCUT2D eigenvalue weighted by Crippen LogP contribution is 2.35. The standard InChI is InChI=1S/C24H26N6O4/c25-16-17(22-28-19-4-1-2-5-20(19)34-22)18-7-11-27-23(29-18)26-10-3-6-21(31)30-12-8-24(9-13-30)32-14-15-33-24/h1-2,4-5,7,11,28H,3,6,8-10,12-15H2,(H,26,27,29)/b22-17-. The second kappa shape index (κ2) is 9.67. The highest BCUT2D eigenvalue weighted by Gasteiger charge is 2.40. The summed E-state index contributed by atoms with van der Waals surface area (Å²) in [5.74, 6) is 1.05. The zero-order chi connectivity index (χ0) is 23.4. The van der Waals surface area contributed by atoms with Crippen molar-refractivity contribution in [3.63, 3.8) is 0 Å². The van der Waals surface area contributed by atoms with Crippen molar-refractivity contribution in [2.45, 2.75) is 31.5 Å². The van der Waals surface area contributed by atoms with Crippen LogP contribution < -0.4 is 15.4 Å². The molecular formula is C24H26N6O4. The third-order valence-electron chi connectivity index (χ3n) is 6.14. The molecule has 0 saturated carbocycles. The molecule has 0 aliphatic carbocycles. The van der Waals surface area contributed by atoms with E-state index >= 15 is 0 Å². The summed E-state index contributed by atoms with van der Waals surface area (Å²) in [5.41, 5.74) is 1.54. The first kappa shape index (κ1) is 22.1. The van der Waals surface area contributed by atoms with Gasteiger partial charge in [0.05, 0.1) is 24.6 Å². The van der Waals surface area contributed by atoms with Gasteiger partial charge in [-0.3, -0.25) is 4.79 Å². The molecule has 10 heteroatoms. The van der Waals surface area contributed by atoms with Crippen LogP contribution in [0.5, 0.6) is 5.75 Å². The molecule has 0 radical (unpaired) electrons. The second-order valence-corrected chi connectivity index (χ2v) is 8.32. The third kappa shape index (κ3) is 4.66. The highest BCUT2D eigenvalue weighted by atomic mass is 16.7. The van der Waals surface area contributed by atoms with Crippen molar-refractivity contribution >= 4 is 23.1 Å². The molecule has 2 saturated heterocycles. The van der Waals surface area contributed by atoms with E-state index in [1.165, 1.54) is 0 Å². The number of nitriles is 1. The lowest BCUT2D eigenvalue weighted by atomic mass is 10.0. The van der Waals surface area contributed by atoms with Crippen molar-refractivity contribution in [3.05, 3.63) is 48.1 Å². The van der Waals surface area contributed by atoms with Gasteiger partial charge in [0.15, 0.2) is 11.5 Å². The monoisotopic (exact) mass is 462 g/mol. The van der Waals surface area contributed by atoms with Crippen LogP contribution >= 0.6 is 0 Å². The molecule has 10 nitrogen and oxygen atoms in total. The number of carbonyl (C=O) groups excluding carboxylic acids is 1. The molecule has 2 N–H and O–H groups in total. The number of nitrogens with one attached hydrogen (secondary N) is 2. The Kier molecular flexibility index (Phi) is 6.29. The molecule has 3 aliphatic heterocycles. The van der Waals surface area contributed by atoms with Crippen molar-refractivity contribution in [2.24, 2.45) is 0 Å². The first-order chi connectivity index (χ1) is 16.7. The summed E-state index contributed by atoms with van der Waals surface area (Å²) in [4.78, 5) is 23.1. The number of nitrogens with zero attached hydrogens (tertiary/aromatic N) is 4. The molecule has 2 fully saturated rings. The fourth-order valence-corrected chi connectivity index (χ4v) is 4.32. The van der Waals surface area contributed by atoms with Crippen LogP contribution in [0.3, 0.4) is 0 Å². The number of allylic oxidation sites excluding steroid dienone is 1. The number of likely N-dealkylation sites (tertiary alicyclic amines) is 1. The van der Waals surface area contributed by atoms with Crippen molar-refractivity contribution in [1.82, 2.24) is 14.9 Å². The lowest BCUT2D eigenvalue weighted by molar-refractivity contribution is -0.187. The zero-order valence-electron chi connectivity index (χ0n) is 18.7. The molecule has 0 atom stereocenters. The number of rotatable bonds is 6. The Hall–Kier alpha value is -3.68. The maximum absolute atomic E-state index is 12.6. The van der Waals surface area contributed by atoms with Gasteiger partial charge in [0.1, 0.15) is 11.6 Å². The third-order valence-corrected chi connectivity index (χ3v) is 6.14. The first-order valence-electron chi connectivity index (χ1n) is 11.5. The summed E-state index contributed by atoms with van der Waals surface area (Å²) < 4.78 is 17.2. The second-order valence-electron chi connectivity index (χ2n) is 8.32. The quantitative estimate of drug-likeness (QED) is 0.493. The fraction of sp³-hybridized carbons (Fsp3) is 0.417. The van der Waals surface area contributed by atoms with Gasteiger partial charge in [-0.2, -0.15) is 5.26 Å². The molecule has 1 aromatic heterocycles. The van der Waals surface area contributed by atoms with Gasteiger partial charge >= 0.3 is 0 Å². The predicted octanol–water partition coefficient (Wildman–Crippen LogP) is 2.73. The fourth-order valence-electron chi connectivity index (χ4n) is 4.32. The van der Waals surface area contributed by atoms with Gasteiger partial charge in [-0.15, -0.1) is 0 Å². The molecular weight excluding hydrogens is 436 g/mol. The maximum Gasteiger partial charge on any atom is 0.223 e. The van der Waals surface area contributed by atoms with E-state index in [0.717, 1.165) is 18.5 Å². The summed E-state index contributed by atoms with van der Waals surface area (Å²) >= 11 is 0. The number of fused-ring (bicyclic) bond motifs is 1. The Bertz CT molecular complexity index is 1100. The molecule has 3 aliphatic rings. The Morgan fingerprint density at radius 2 is 2.00 bits per heavy atom. The topological polar surface area (TPSA) is 122 Å². The summed E-state index contributed by atoms with van der Waals surface area (Å²) in [5, 5.41) is 16.0. The minimum atomic E-state index is -0.472. The zero-order valence-corrected chi connectivity index (χ0v) is 18.7. The van der Waals surface area contributed by atoms with Crippen LogP contribution in [-0.2, 0) is 14.3 Å². The smallest absolute Gasteiger partial charge is 0.223 e. The first-order valence-corrected chi connectivity index (χ1v) is 11.5. The van der Waals surface area contributed by atoms with Gasteiger partial charge < -0.3 is 29.7 Å². The summed E-state index contributed by atoms with van der Waals surface area (Å²) in [7, 11) is 0. The van der Waals surface area contributed by atoms with Crippen LogP contribution in [0.25, 0.3) is 5.57 Å². The van der Waals surface area contributed by atoms with Crippen LogP contribution in [0.1, 0.15) is 31.4 Å². The van der Waals surface area contributed by atoms with Crippen molar-refractivity contribution in [1.29, 1.82) is 5.26 Å². The number of aromatic nitrogens is 2. The molecule has 4 heterocycles. The van der Waals surface area contributed by atoms with E-state index in [1.54, 1.807) is 12.3 Å². The predicted molar refractivity (Wildman–Crippen MR) is 123 cm³/mol. The number of para-hydroxylation sites is 2. The van der Waals surface area contributed by atoms with Gasteiger partial charge in [0.25, 0.3) is 0 Å². The molecule has 2 aromatic rings. The van der Waals surface area contributed by atoms with Gasteiger partial charge in [0.2, 0.25) is 17.7 Å². The highest BCUT2D eigenvalue weighted by molar-refractivity contribution is 5.81. The molecule has 0 unspecified atom stereocenters. The van der Waals surface area contributed by atoms with Crippen molar-refractivity contribution < 1.29 is 19.0 Å². The van der Waals surface area contributed by atoms with E-state index in [2.05, 4.69) is 26.7 Å². The number of hydrogen-bond acceptors (Lipinski definition) is 9. The minimum absolute atomic E-state index is 0.129. The summed E-state index contributed by atoms with van der Waals surface area (Å²) in [6.45, 7) is 3.11. The minimum Gasteiger partial charge on any atom is -0.437 e. The number of benzene rings is 1. The number of hydrogen-bond donors (Lipinski definition) is 2. The SMILES string of the molecule is N#C/C(=C1\Nc2ccccc2O1)c1ccnc(NCCCC(=O)N2CCC3(CC2)OCCO3)n1. The molecule has 5 rings (SSSR count). The molecule has 1 spiro atoms. The molecule has 0 bridgehead atoms. The van der Waals surface area contributed by atoms with E-state index < -0.39 is 5.79 Å². The average Bonchev–Trinajstić information content (AvgIpc) is 3.50. The molecule has 1 amide bonds. The molecule has 34 heavy (non-hydrogen) atoms. The lowest BCUT2D eigenvalue weighted by Crippen LogP contribution is -2.47. The summed E-state index contributed by atoms with van der Waals surface area (Å²) in [6, 6.07) is 11.3. The Labute approximate surface area is 197 Å². The maximum atomic E-state index is 12.6. The number of amides is 1. The van der Waals surface area contributed by atoms with Crippen molar-refractivity contribution in [3.8, 4) is 11.8 Å². The Balaban J connectivity index is 1.12. The van der Waals surface area contributed by atoms with E-state index in [1.807, 2.05) is 29.2 Å². The van der Waals surface area contributed by atoms with Gasteiger partial charge in [-0.1, -0.05) is 12.1 Å². The number of ether oxygens (including phenoxy) is 3. The van der Waals surface area contributed by atoms with Gasteiger partial charge in [-0.25, -0.2) is 9.97 Å². The normalized spacial score (nSPS) is 19.7. The number of piperidine rings is 1. The van der Waals surface area contributed by atoms with Crippen molar-refractivity contribution in [2.75, 3.05) is 43.5 Å². The van der Waals surface area contributed by atoms with Crippen LogP contribution in [-0.4, -0.2) is 59.4 Å². The number of anilines is 2. The Morgan fingerprint density at radius 3 is 2.76 bits per heavy atom. The van der Waals surface area contributed by atoms with Crippen LogP contribution in [0, 0.1) is 11.3 Å². The van der Waals surface area contributed by atoms with E-state index in [4.69, 9.17) is 14.2 Å². The largest absolute Gasteiger partial charge is 0.437 e. The molecule has 1 aromatic carbocycles. The van der Waals surface area contributed by atoms with E-state index in [-0.39, 0.29) is 11.5 Å². The van der Waals surface area contributed by atoms with Crippen LogP contribution in [0.4, 0.5) is 11.6 Å². The van der Waals surface area contributed by atoms with Crippen LogP contribution in [0.15, 0.2) is 42.4 Å². The van der Waals surface area contributed by atoms with Gasteiger partial charge in [-0.05, 0) is 24.6 Å². The number of carbonyl (C=O) groups is 1. The van der Waals surface area contributed by atoms with Crippen LogP contribution in [0.2, 0.25) is 0 Å². The summed E-state index contributed by atoms with van der Waals surface area (Å²) in [6.07, 6.45) is 4.11.